The first-order chi connectivity index (χ1) is 9.36. The number of rotatable bonds is 6. The van der Waals surface area contributed by atoms with Crippen molar-refractivity contribution in [2.75, 3.05) is 0 Å². The first-order valence-corrected chi connectivity index (χ1v) is 6.42. The topological polar surface area (TPSA) is 67.4 Å². The van der Waals surface area contributed by atoms with Crippen LogP contribution in [0.15, 0.2) is 43.0 Å². The molecule has 1 aromatic carbocycles. The first kappa shape index (κ1) is 16.1. The molecular formula is C14H17N2O3P. The zero-order valence-corrected chi connectivity index (χ0v) is 12.4. The van der Waals surface area contributed by atoms with Crippen LogP contribution < -0.4 is 10.8 Å². The van der Waals surface area contributed by atoms with Gasteiger partial charge in [0.15, 0.2) is 0 Å². The number of carbonyl (C=O) groups excluding carboxylic acids is 2. The van der Waals surface area contributed by atoms with E-state index in [1.807, 2.05) is 6.07 Å². The first-order valence-electron chi connectivity index (χ1n) is 5.92. The van der Waals surface area contributed by atoms with Gasteiger partial charge in [-0.25, -0.2) is 10.3 Å². The van der Waals surface area contributed by atoms with E-state index >= 15 is 0 Å². The smallest absolute Gasteiger partial charge is 0.275 e. The van der Waals surface area contributed by atoms with Crippen LogP contribution in [0.25, 0.3) is 0 Å². The highest BCUT2D eigenvalue weighted by atomic mass is 31.0. The molecule has 0 heterocycles. The Kier molecular flexibility index (Phi) is 5.62. The second kappa shape index (κ2) is 6.98. The second-order valence-electron chi connectivity index (χ2n) is 4.55. The number of hydrogen-bond acceptors (Lipinski definition) is 3. The summed E-state index contributed by atoms with van der Waals surface area (Å²) >= 11 is 0. The third kappa shape index (κ3) is 4.61. The molecule has 0 unspecified atom stereocenters. The van der Waals surface area contributed by atoms with E-state index in [0.29, 0.717) is 5.56 Å². The molecule has 0 aliphatic heterocycles. The summed E-state index contributed by atoms with van der Waals surface area (Å²) in [4.78, 5) is 28.2. The Morgan fingerprint density at radius 3 is 2.45 bits per heavy atom. The second-order valence-corrected chi connectivity index (χ2v) is 5.00. The van der Waals surface area contributed by atoms with Gasteiger partial charge in [0, 0.05) is 5.56 Å². The lowest BCUT2D eigenvalue weighted by Crippen LogP contribution is -2.50. The molecule has 1 rings (SSSR count). The molecule has 2 N–H and O–H groups in total. The third-order valence-corrected chi connectivity index (χ3v) is 3.20. The molecule has 0 atom stereocenters. The molecule has 1 aromatic rings. The highest BCUT2D eigenvalue weighted by molar-refractivity contribution is 7.20. The van der Waals surface area contributed by atoms with E-state index in [0.717, 1.165) is 6.08 Å². The fraction of sp³-hybridized carbons (Fsp3) is 0.214. The van der Waals surface area contributed by atoms with E-state index in [9.17, 15) is 9.59 Å². The van der Waals surface area contributed by atoms with Crippen molar-refractivity contribution < 1.29 is 14.4 Å². The molecule has 0 aliphatic rings. The Balaban J connectivity index is 2.57. The van der Waals surface area contributed by atoms with Crippen molar-refractivity contribution in [1.82, 2.24) is 10.8 Å². The van der Waals surface area contributed by atoms with Gasteiger partial charge in [-0.2, -0.15) is 0 Å². The van der Waals surface area contributed by atoms with E-state index in [4.69, 9.17) is 4.84 Å². The Labute approximate surface area is 120 Å². The van der Waals surface area contributed by atoms with Gasteiger partial charge in [-0.3, -0.25) is 9.59 Å². The lowest BCUT2D eigenvalue weighted by atomic mass is 10.1. The fourth-order valence-corrected chi connectivity index (χ4v) is 1.40. The van der Waals surface area contributed by atoms with Crippen molar-refractivity contribution in [1.29, 1.82) is 0 Å². The van der Waals surface area contributed by atoms with Crippen molar-refractivity contribution in [2.24, 2.45) is 0 Å². The van der Waals surface area contributed by atoms with Crippen molar-refractivity contribution in [3.8, 4) is 0 Å². The maximum Gasteiger partial charge on any atom is 0.275 e. The normalized spacial score (nSPS) is 10.5. The minimum atomic E-state index is -0.813. The SMILES string of the molecule is C=CC(=O)NC(C)(C)C(=P)ONC(=O)c1ccccc1. The summed E-state index contributed by atoms with van der Waals surface area (Å²) in [6.07, 6.45) is 1.16. The third-order valence-electron chi connectivity index (χ3n) is 2.47. The molecule has 0 aliphatic carbocycles. The van der Waals surface area contributed by atoms with E-state index in [1.165, 1.54) is 0 Å². The Morgan fingerprint density at radius 2 is 1.90 bits per heavy atom. The monoisotopic (exact) mass is 292 g/mol. The van der Waals surface area contributed by atoms with Gasteiger partial charge >= 0.3 is 0 Å². The minimum Gasteiger partial charge on any atom is -0.341 e. The lowest BCUT2D eigenvalue weighted by molar-refractivity contribution is -0.117. The molecule has 0 aromatic heterocycles. The van der Waals surface area contributed by atoms with Crippen molar-refractivity contribution in [3.63, 3.8) is 0 Å². The summed E-state index contributed by atoms with van der Waals surface area (Å²) < 4.78 is 0. The van der Waals surface area contributed by atoms with Crippen LogP contribution in [0.3, 0.4) is 0 Å². The average Bonchev–Trinajstić information content (AvgIpc) is 2.44. The fourth-order valence-electron chi connectivity index (χ4n) is 1.29. The maximum atomic E-state index is 11.8. The predicted octanol–water partition coefficient (Wildman–Crippen LogP) is 1.70. The average molecular weight is 292 g/mol. The predicted molar refractivity (Wildman–Crippen MR) is 80.7 cm³/mol. The van der Waals surface area contributed by atoms with Crippen LogP contribution in [0.2, 0.25) is 0 Å². The van der Waals surface area contributed by atoms with Gasteiger partial charge in [0.25, 0.3) is 5.91 Å². The number of benzene rings is 1. The van der Waals surface area contributed by atoms with Crippen LogP contribution in [0, 0.1) is 0 Å². The Hall–Kier alpha value is -1.97. The van der Waals surface area contributed by atoms with Crippen LogP contribution in [0.4, 0.5) is 0 Å². The van der Waals surface area contributed by atoms with Gasteiger partial charge in [0.2, 0.25) is 5.91 Å². The van der Waals surface area contributed by atoms with Gasteiger partial charge in [0.05, 0.1) is 5.54 Å². The van der Waals surface area contributed by atoms with Gasteiger partial charge in [0.1, 0.15) is 5.48 Å². The number of amides is 2. The van der Waals surface area contributed by atoms with Gasteiger partial charge in [-0.15, -0.1) is 0 Å². The molecule has 106 valence electrons. The van der Waals surface area contributed by atoms with Crippen molar-refractivity contribution >= 4 is 26.2 Å². The molecule has 0 saturated carbocycles. The highest BCUT2D eigenvalue weighted by Gasteiger charge is 2.25. The van der Waals surface area contributed by atoms with Gasteiger partial charge in [-0.05, 0) is 32.1 Å². The van der Waals surface area contributed by atoms with Crippen LogP contribution in [0.1, 0.15) is 24.2 Å². The molecule has 20 heavy (non-hydrogen) atoms. The Bertz CT molecular complexity index is 526. The molecule has 0 spiro atoms. The van der Waals surface area contributed by atoms with Crippen LogP contribution in [-0.2, 0) is 9.63 Å². The van der Waals surface area contributed by atoms with Crippen molar-refractivity contribution in [2.45, 2.75) is 19.4 Å². The summed E-state index contributed by atoms with van der Waals surface area (Å²) in [5.74, 6) is -0.726. The molecule has 0 fully saturated rings. The zero-order chi connectivity index (χ0) is 15.2. The minimum absolute atomic E-state index is 0.261. The van der Waals surface area contributed by atoms with Crippen LogP contribution >= 0.6 is 8.86 Å². The van der Waals surface area contributed by atoms with E-state index in [-0.39, 0.29) is 17.3 Å². The quantitative estimate of drug-likeness (QED) is 0.476. The van der Waals surface area contributed by atoms with E-state index in [1.54, 1.807) is 38.1 Å². The molecule has 0 radical (unpaired) electrons. The molecule has 0 bridgehead atoms. The van der Waals surface area contributed by atoms with Gasteiger partial charge < -0.3 is 5.32 Å². The molecule has 2 amide bonds. The van der Waals surface area contributed by atoms with Crippen LogP contribution in [0.5, 0.6) is 0 Å². The summed E-state index contributed by atoms with van der Waals surface area (Å²) in [6.45, 7) is 6.80. The highest BCUT2D eigenvalue weighted by Crippen LogP contribution is 2.08. The standard InChI is InChI=1S/C14H17N2O3P/c1-4-11(17)15-14(2,3)13(20)19-16-12(18)10-8-6-5-7-9-10/h4-9,20H,1H2,2-3H3,(H,15,17)(H,16,18). The summed E-state index contributed by atoms with van der Waals surface area (Å²) in [5, 5.41) is 2.65. The van der Waals surface area contributed by atoms with E-state index in [2.05, 4.69) is 26.2 Å². The van der Waals surface area contributed by atoms with Crippen LogP contribution in [-0.4, -0.2) is 22.8 Å². The summed E-state index contributed by atoms with van der Waals surface area (Å²) in [6, 6.07) is 8.64. The van der Waals surface area contributed by atoms with Gasteiger partial charge in [-0.1, -0.05) is 33.6 Å². The molecule has 5 nitrogen and oxygen atoms in total. The zero-order valence-electron chi connectivity index (χ0n) is 11.4. The summed E-state index contributed by atoms with van der Waals surface area (Å²) in [7, 11) is 3.24. The summed E-state index contributed by atoms with van der Waals surface area (Å²) in [5.41, 5.74) is 2.21. The number of hydroxylamine groups is 1. The molecule has 0 saturated heterocycles. The molecule has 6 heteroatoms. The number of hydrogen-bond donors (Lipinski definition) is 2. The maximum absolute atomic E-state index is 11.8. The largest absolute Gasteiger partial charge is 0.341 e. The van der Waals surface area contributed by atoms with Crippen molar-refractivity contribution in [3.05, 3.63) is 48.6 Å². The Morgan fingerprint density at radius 1 is 1.30 bits per heavy atom. The lowest BCUT2D eigenvalue weighted by Gasteiger charge is -2.26. The number of carbonyl (C=O) groups is 2. The van der Waals surface area contributed by atoms with E-state index < -0.39 is 5.54 Å². The number of nitrogens with one attached hydrogen (secondary N) is 2. The molecular weight excluding hydrogens is 275 g/mol.